The highest BCUT2D eigenvalue weighted by molar-refractivity contribution is 6.06. The molecule has 6 nitrogen and oxygen atoms in total. The average Bonchev–Trinajstić information content (AvgIpc) is 3.10. The molecule has 2 N–H and O–H groups in total. The molecule has 0 bridgehead atoms. The molecule has 4 aliphatic carbocycles. The number of hydrogen-bond acceptors (Lipinski definition) is 6. The van der Waals surface area contributed by atoms with Crippen LogP contribution in [0.25, 0.3) is 0 Å². The van der Waals surface area contributed by atoms with Gasteiger partial charge in [0, 0.05) is 23.2 Å². The lowest BCUT2D eigenvalue weighted by atomic mass is 9.46. The monoisotopic (exact) mass is 463 g/mol. The Bertz CT molecular complexity index is 1090. The van der Waals surface area contributed by atoms with Crippen LogP contribution < -0.4 is 0 Å². The Kier molecular flexibility index (Phi) is 5.64. The van der Waals surface area contributed by atoms with Crippen LogP contribution in [0.5, 0.6) is 0 Å². The van der Waals surface area contributed by atoms with Gasteiger partial charge >= 0.3 is 0 Å². The van der Waals surface area contributed by atoms with E-state index in [1.54, 1.807) is 0 Å². The number of hydrogen-bond donors (Lipinski definition) is 2. The number of nitrogens with zero attached hydrogens (tertiary/aromatic N) is 1. The molecule has 6 heteroatoms. The summed E-state index contributed by atoms with van der Waals surface area (Å²) in [5.41, 5.74) is 0.147. The van der Waals surface area contributed by atoms with Crippen LogP contribution in [0.3, 0.4) is 0 Å². The number of carbonyl (C=O) groups is 2. The molecule has 0 saturated heterocycles. The first-order valence-electron chi connectivity index (χ1n) is 12.3. The predicted octanol–water partition coefficient (Wildman–Crippen LogP) is 3.77. The van der Waals surface area contributed by atoms with Crippen LogP contribution in [-0.2, 0) is 21.0 Å². The van der Waals surface area contributed by atoms with E-state index in [1.165, 1.54) is 5.57 Å². The van der Waals surface area contributed by atoms with Crippen molar-refractivity contribution >= 4 is 17.3 Å². The van der Waals surface area contributed by atoms with Gasteiger partial charge in [-0.1, -0.05) is 61.0 Å². The molecule has 1 aromatic carbocycles. The maximum absolute atomic E-state index is 13.6. The Hall–Kier alpha value is -2.57. The zero-order chi connectivity index (χ0) is 24.1. The highest BCUT2D eigenvalue weighted by Crippen LogP contribution is 2.66. The largest absolute Gasteiger partial charge is 0.390 e. The molecule has 180 valence electrons. The minimum Gasteiger partial charge on any atom is -0.390 e. The second kappa shape index (κ2) is 8.28. The lowest BCUT2D eigenvalue weighted by Gasteiger charge is -2.56. The van der Waals surface area contributed by atoms with E-state index in [0.29, 0.717) is 19.4 Å². The van der Waals surface area contributed by atoms with E-state index in [-0.39, 0.29) is 30.0 Å². The van der Waals surface area contributed by atoms with Gasteiger partial charge in [0.25, 0.3) is 0 Å². The van der Waals surface area contributed by atoms with Gasteiger partial charge in [-0.25, -0.2) is 0 Å². The van der Waals surface area contributed by atoms with Crippen LogP contribution in [0.2, 0.25) is 0 Å². The fraction of sp³-hybridized carbons (Fsp3) is 0.536. The smallest absolute Gasteiger partial charge is 0.190 e. The molecule has 3 fully saturated rings. The van der Waals surface area contributed by atoms with Crippen LogP contribution in [-0.4, -0.2) is 39.7 Å². The number of allylic oxidation sites excluding steroid dienone is 4. The summed E-state index contributed by atoms with van der Waals surface area (Å²) in [6, 6.07) is 9.89. The third-order valence-electron chi connectivity index (χ3n) is 9.27. The van der Waals surface area contributed by atoms with Gasteiger partial charge in [0.2, 0.25) is 0 Å². The number of fused-ring (bicyclic) bond motifs is 5. The molecule has 0 unspecified atom stereocenters. The zero-order valence-electron chi connectivity index (χ0n) is 19.9. The molecule has 0 amide bonds. The van der Waals surface area contributed by atoms with E-state index in [1.807, 2.05) is 43.3 Å². The van der Waals surface area contributed by atoms with Crippen molar-refractivity contribution in [3.05, 3.63) is 59.7 Å². The molecule has 6 atom stereocenters. The molecule has 3 saturated carbocycles. The van der Waals surface area contributed by atoms with Crippen LogP contribution >= 0.6 is 0 Å². The molecule has 1 aromatic rings. The van der Waals surface area contributed by atoms with Crippen molar-refractivity contribution in [1.82, 2.24) is 0 Å². The van der Waals surface area contributed by atoms with E-state index in [9.17, 15) is 19.8 Å². The first-order chi connectivity index (χ1) is 16.2. The molecule has 0 heterocycles. The molecule has 4 aliphatic rings. The quantitative estimate of drug-likeness (QED) is 0.648. The topological polar surface area (TPSA) is 96.2 Å². The van der Waals surface area contributed by atoms with Crippen LogP contribution in [0, 0.1) is 28.6 Å². The van der Waals surface area contributed by atoms with Crippen molar-refractivity contribution in [2.75, 3.05) is 6.61 Å². The maximum atomic E-state index is 13.6. The summed E-state index contributed by atoms with van der Waals surface area (Å²) in [6.07, 6.45) is 8.96. The van der Waals surface area contributed by atoms with Crippen molar-refractivity contribution in [1.29, 1.82) is 0 Å². The summed E-state index contributed by atoms with van der Waals surface area (Å²) in [5, 5.41) is 25.1. The lowest BCUT2D eigenvalue weighted by Crippen LogP contribution is -2.60. The van der Waals surface area contributed by atoms with Crippen molar-refractivity contribution in [3.63, 3.8) is 0 Å². The van der Waals surface area contributed by atoms with E-state index in [2.05, 4.69) is 24.2 Å². The summed E-state index contributed by atoms with van der Waals surface area (Å²) < 4.78 is 0. The van der Waals surface area contributed by atoms with Crippen molar-refractivity contribution in [2.24, 2.45) is 33.7 Å². The van der Waals surface area contributed by atoms with Gasteiger partial charge in [-0.15, -0.1) is 0 Å². The minimum absolute atomic E-state index is 0.0757. The summed E-state index contributed by atoms with van der Waals surface area (Å²) in [4.78, 5) is 31.7. The third kappa shape index (κ3) is 3.34. The highest BCUT2D eigenvalue weighted by Gasteiger charge is 2.68. The molecule has 0 aliphatic heterocycles. The van der Waals surface area contributed by atoms with E-state index in [0.717, 1.165) is 24.1 Å². The molecule has 0 radical (unpaired) electrons. The Morgan fingerprint density at radius 1 is 1.21 bits per heavy atom. The summed E-state index contributed by atoms with van der Waals surface area (Å²) >= 11 is 0. The number of benzene rings is 1. The average molecular weight is 464 g/mol. The SMILES string of the molecule is C[C@]12C=C/C(=N\OCc3ccccc3)C=C1CC[C@@H]1[C@@H]2C(=O)C[C@@]2(C)[C@H]1CC[C@]2(O)C(=O)CO. The molecule has 5 rings (SSSR count). The molecular weight excluding hydrogens is 430 g/mol. The van der Waals surface area contributed by atoms with Gasteiger partial charge in [-0.2, -0.15) is 0 Å². The lowest BCUT2D eigenvalue weighted by molar-refractivity contribution is -0.168. The van der Waals surface area contributed by atoms with Crippen molar-refractivity contribution < 1.29 is 24.6 Å². The highest BCUT2D eigenvalue weighted by atomic mass is 16.6. The van der Waals surface area contributed by atoms with E-state index in [4.69, 9.17) is 4.84 Å². The van der Waals surface area contributed by atoms with Crippen molar-refractivity contribution in [3.8, 4) is 0 Å². The number of oxime groups is 1. The predicted molar refractivity (Wildman–Crippen MR) is 128 cm³/mol. The number of ketones is 2. The van der Waals surface area contributed by atoms with Gasteiger partial charge < -0.3 is 15.1 Å². The first kappa shape index (κ1) is 23.2. The third-order valence-corrected chi connectivity index (χ3v) is 9.27. The minimum atomic E-state index is -1.62. The van der Waals surface area contributed by atoms with Gasteiger partial charge in [0.15, 0.2) is 5.78 Å². The van der Waals surface area contributed by atoms with Gasteiger partial charge in [-0.05, 0) is 55.2 Å². The number of rotatable bonds is 5. The molecule has 34 heavy (non-hydrogen) atoms. The van der Waals surface area contributed by atoms with Gasteiger partial charge in [-0.3, -0.25) is 9.59 Å². The number of aliphatic hydroxyl groups is 2. The fourth-order valence-corrected chi connectivity index (χ4v) is 7.44. The van der Waals surface area contributed by atoms with Crippen LogP contribution in [0.4, 0.5) is 0 Å². The fourth-order valence-electron chi connectivity index (χ4n) is 7.44. The zero-order valence-corrected chi connectivity index (χ0v) is 19.9. The molecular formula is C28H33NO5. The molecule has 0 spiro atoms. The van der Waals surface area contributed by atoms with Crippen molar-refractivity contribution in [2.45, 2.75) is 58.2 Å². The Balaban J connectivity index is 1.38. The first-order valence-corrected chi connectivity index (χ1v) is 12.3. The standard InChI is InChI=1S/C28H33NO5/c1-26-12-10-20(29-34-17-18-6-4-3-5-7-18)14-19(26)8-9-21-22-11-13-28(33,24(32)16-30)27(22,2)15-23(31)25(21)26/h3-7,10,12,14,21-22,25,30,33H,8-9,11,13,15-17H2,1-2H3/b29-20+/t21-,22-,25+,26-,27-,28-/m0/s1. The maximum Gasteiger partial charge on any atom is 0.190 e. The number of carbonyl (C=O) groups excluding carboxylic acids is 2. The van der Waals surface area contributed by atoms with Gasteiger partial charge in [0.1, 0.15) is 30.3 Å². The Labute approximate surface area is 200 Å². The van der Waals surface area contributed by atoms with Crippen LogP contribution in [0.1, 0.15) is 51.5 Å². The van der Waals surface area contributed by atoms with Gasteiger partial charge in [0.05, 0.1) is 0 Å². The molecule has 0 aromatic heterocycles. The summed E-state index contributed by atoms with van der Waals surface area (Å²) in [5.74, 6) is -0.452. The van der Waals surface area contributed by atoms with E-state index >= 15 is 0 Å². The normalized spacial score (nSPS) is 39.8. The van der Waals surface area contributed by atoms with Crippen LogP contribution in [0.15, 0.2) is 59.3 Å². The second-order valence-electron chi connectivity index (χ2n) is 10.9. The summed E-state index contributed by atoms with van der Waals surface area (Å²) in [6.45, 7) is 3.72. The Morgan fingerprint density at radius 2 is 1.97 bits per heavy atom. The number of Topliss-reactive ketones (excluding diaryl/α,β-unsaturated/α-hetero) is 2. The van der Waals surface area contributed by atoms with E-state index < -0.39 is 28.8 Å². The second-order valence-corrected chi connectivity index (χ2v) is 10.9. The Morgan fingerprint density at radius 3 is 2.71 bits per heavy atom. The number of aliphatic hydroxyl groups excluding tert-OH is 1. The summed E-state index contributed by atoms with van der Waals surface area (Å²) in [7, 11) is 0.